The van der Waals surface area contributed by atoms with Crippen LogP contribution < -0.4 is 4.74 Å². The largest absolute Gasteiger partial charge is 0.501 e. The number of hydrogen-bond acceptors (Lipinski definition) is 2. The molecule has 0 unspecified atom stereocenters. The van der Waals surface area contributed by atoms with Gasteiger partial charge in [0.2, 0.25) is 0 Å². The Labute approximate surface area is 95.2 Å². The highest BCUT2D eigenvalue weighted by Crippen LogP contribution is 2.25. The van der Waals surface area contributed by atoms with E-state index in [1.54, 1.807) is 18.2 Å². The van der Waals surface area contributed by atoms with Crippen LogP contribution in [-0.4, -0.2) is 17.2 Å². The predicted molar refractivity (Wildman–Crippen MR) is 57.2 cm³/mol. The van der Waals surface area contributed by atoms with E-state index in [0.29, 0.717) is 5.39 Å². The van der Waals surface area contributed by atoms with Crippen molar-refractivity contribution in [1.29, 1.82) is 0 Å². The third-order valence-electron chi connectivity index (χ3n) is 2.22. The first-order valence-electron chi connectivity index (χ1n) is 4.78. The van der Waals surface area contributed by atoms with Crippen LogP contribution in [0.2, 0.25) is 0 Å². The van der Waals surface area contributed by atoms with Crippen molar-refractivity contribution >= 4 is 16.7 Å². The Kier molecular flexibility index (Phi) is 2.67. The second-order valence-corrected chi connectivity index (χ2v) is 3.43. The number of carboxylic acids is 1. The summed E-state index contributed by atoms with van der Waals surface area (Å²) >= 11 is 0. The summed E-state index contributed by atoms with van der Waals surface area (Å²) in [5.74, 6) is -2.50. The number of hydrogen-bond donors (Lipinski definition) is 1. The van der Waals surface area contributed by atoms with Crippen LogP contribution in [0.25, 0.3) is 10.8 Å². The summed E-state index contributed by atoms with van der Waals surface area (Å²) in [4.78, 5) is 10.2. The van der Waals surface area contributed by atoms with Crippen LogP contribution in [0.5, 0.6) is 5.75 Å². The molecule has 2 aromatic carbocycles. The molecule has 0 spiro atoms. The number of aliphatic carboxylic acids is 1. The molecule has 0 atom stereocenters. The number of carbonyl (C=O) groups is 1. The van der Waals surface area contributed by atoms with Crippen LogP contribution >= 0.6 is 0 Å². The monoisotopic (exact) mass is 238 g/mol. The number of alkyl halides is 2. The standard InChI is InChI=1S/C12H8F2O3/c13-12(14,11(15)16)17-10-6-5-8-3-1-2-4-9(8)7-10/h1-7H,(H,15,16). The maximum absolute atomic E-state index is 12.8. The van der Waals surface area contributed by atoms with Gasteiger partial charge in [-0.25, -0.2) is 4.79 Å². The fourth-order valence-electron chi connectivity index (χ4n) is 1.42. The average Bonchev–Trinajstić information content (AvgIpc) is 2.28. The first kappa shape index (κ1) is 11.3. The Morgan fingerprint density at radius 2 is 1.76 bits per heavy atom. The summed E-state index contributed by atoms with van der Waals surface area (Å²) in [5, 5.41) is 9.80. The lowest BCUT2D eigenvalue weighted by molar-refractivity contribution is -0.210. The number of carboxylic acid groups (broad SMARTS) is 1. The zero-order chi connectivity index (χ0) is 12.5. The van der Waals surface area contributed by atoms with E-state index in [2.05, 4.69) is 4.74 Å². The molecule has 0 radical (unpaired) electrons. The number of halogens is 2. The fourth-order valence-corrected chi connectivity index (χ4v) is 1.42. The van der Waals surface area contributed by atoms with Crippen LogP contribution in [0.15, 0.2) is 42.5 Å². The van der Waals surface area contributed by atoms with Crippen molar-refractivity contribution in [3.63, 3.8) is 0 Å². The van der Waals surface area contributed by atoms with Gasteiger partial charge in [-0.05, 0) is 22.9 Å². The molecule has 1 N–H and O–H groups in total. The molecule has 5 heteroatoms. The van der Waals surface area contributed by atoms with Crippen LogP contribution in [0.4, 0.5) is 8.78 Å². The second-order valence-electron chi connectivity index (χ2n) is 3.43. The summed E-state index contributed by atoms with van der Waals surface area (Å²) in [5.41, 5.74) is 0. The van der Waals surface area contributed by atoms with E-state index in [1.807, 2.05) is 12.1 Å². The second kappa shape index (κ2) is 4.01. The highest BCUT2D eigenvalue weighted by molar-refractivity contribution is 5.84. The maximum Gasteiger partial charge on any atom is 0.501 e. The van der Waals surface area contributed by atoms with Gasteiger partial charge in [0.25, 0.3) is 0 Å². The molecule has 0 aliphatic heterocycles. The molecule has 0 aliphatic carbocycles. The summed E-state index contributed by atoms with van der Waals surface area (Å²) in [7, 11) is 0. The van der Waals surface area contributed by atoms with Crippen molar-refractivity contribution in [2.75, 3.05) is 0 Å². The molecule has 0 aromatic heterocycles. The van der Waals surface area contributed by atoms with E-state index in [0.717, 1.165) is 5.39 Å². The zero-order valence-corrected chi connectivity index (χ0v) is 8.56. The number of fused-ring (bicyclic) bond motifs is 1. The van der Waals surface area contributed by atoms with Crippen molar-refractivity contribution in [1.82, 2.24) is 0 Å². The smallest absolute Gasteiger partial charge is 0.474 e. The molecule has 0 fully saturated rings. The van der Waals surface area contributed by atoms with Gasteiger partial charge in [0.15, 0.2) is 0 Å². The minimum atomic E-state index is -4.22. The topological polar surface area (TPSA) is 46.5 Å². The summed E-state index contributed by atoms with van der Waals surface area (Å²) in [6, 6.07) is 11.4. The van der Waals surface area contributed by atoms with Crippen molar-refractivity contribution in [2.45, 2.75) is 6.11 Å². The van der Waals surface area contributed by atoms with Crippen LogP contribution in [-0.2, 0) is 4.79 Å². The van der Waals surface area contributed by atoms with E-state index in [4.69, 9.17) is 5.11 Å². The van der Waals surface area contributed by atoms with E-state index in [1.165, 1.54) is 12.1 Å². The average molecular weight is 238 g/mol. The number of rotatable bonds is 3. The molecule has 88 valence electrons. The Morgan fingerprint density at radius 1 is 1.12 bits per heavy atom. The van der Waals surface area contributed by atoms with Gasteiger partial charge in [0, 0.05) is 0 Å². The lowest BCUT2D eigenvalue weighted by atomic mass is 10.1. The molecule has 0 saturated carbocycles. The molecule has 3 nitrogen and oxygen atoms in total. The number of benzene rings is 2. The van der Waals surface area contributed by atoms with Gasteiger partial charge < -0.3 is 9.84 Å². The lowest BCUT2D eigenvalue weighted by Gasteiger charge is -2.13. The van der Waals surface area contributed by atoms with E-state index in [9.17, 15) is 13.6 Å². The van der Waals surface area contributed by atoms with Gasteiger partial charge in [-0.2, -0.15) is 8.78 Å². The van der Waals surface area contributed by atoms with Gasteiger partial charge in [0.05, 0.1) is 0 Å². The first-order valence-corrected chi connectivity index (χ1v) is 4.78. The summed E-state index contributed by atoms with van der Waals surface area (Å²) in [6.45, 7) is 0. The fraction of sp³-hybridized carbons (Fsp3) is 0.0833. The Balaban J connectivity index is 2.34. The van der Waals surface area contributed by atoms with Gasteiger partial charge in [0.1, 0.15) is 5.75 Å². The molecular weight excluding hydrogens is 230 g/mol. The molecule has 0 bridgehead atoms. The van der Waals surface area contributed by atoms with E-state index in [-0.39, 0.29) is 5.75 Å². The minimum Gasteiger partial charge on any atom is -0.474 e. The summed E-state index contributed by atoms with van der Waals surface area (Å²) < 4.78 is 29.8. The maximum atomic E-state index is 12.8. The van der Waals surface area contributed by atoms with Crippen molar-refractivity contribution in [2.24, 2.45) is 0 Å². The molecular formula is C12H8F2O3. The summed E-state index contributed by atoms with van der Waals surface area (Å²) in [6.07, 6.45) is -4.22. The molecule has 0 aliphatic rings. The van der Waals surface area contributed by atoms with E-state index < -0.39 is 12.1 Å². The first-order chi connectivity index (χ1) is 7.99. The molecule has 0 saturated heterocycles. The molecule has 0 heterocycles. The highest BCUT2D eigenvalue weighted by Gasteiger charge is 2.42. The third-order valence-corrected chi connectivity index (χ3v) is 2.22. The van der Waals surface area contributed by atoms with Crippen LogP contribution in [0.1, 0.15) is 0 Å². The molecule has 17 heavy (non-hydrogen) atoms. The zero-order valence-electron chi connectivity index (χ0n) is 8.56. The van der Waals surface area contributed by atoms with Crippen molar-refractivity contribution in [3.05, 3.63) is 42.5 Å². The lowest BCUT2D eigenvalue weighted by Crippen LogP contribution is -2.34. The van der Waals surface area contributed by atoms with Gasteiger partial charge >= 0.3 is 12.1 Å². The predicted octanol–water partition coefficient (Wildman–Crippen LogP) is 2.90. The minimum absolute atomic E-state index is 0.184. The third kappa shape index (κ3) is 2.33. The van der Waals surface area contributed by atoms with Crippen LogP contribution in [0.3, 0.4) is 0 Å². The molecule has 0 amide bonds. The number of ether oxygens (including phenoxy) is 1. The normalized spacial score (nSPS) is 11.4. The highest BCUT2D eigenvalue weighted by atomic mass is 19.3. The molecule has 2 rings (SSSR count). The van der Waals surface area contributed by atoms with Crippen molar-refractivity contribution < 1.29 is 23.4 Å². The van der Waals surface area contributed by atoms with Crippen LogP contribution in [0, 0.1) is 0 Å². The Bertz CT molecular complexity index is 566. The van der Waals surface area contributed by atoms with Gasteiger partial charge in [-0.15, -0.1) is 0 Å². The Morgan fingerprint density at radius 3 is 2.41 bits per heavy atom. The quantitative estimate of drug-likeness (QED) is 0.894. The van der Waals surface area contributed by atoms with Crippen molar-refractivity contribution in [3.8, 4) is 5.75 Å². The Hall–Kier alpha value is -2.17. The van der Waals surface area contributed by atoms with Gasteiger partial charge in [-0.1, -0.05) is 30.3 Å². The SMILES string of the molecule is O=C(O)C(F)(F)Oc1ccc2ccccc2c1. The molecule has 2 aromatic rings. The van der Waals surface area contributed by atoms with Gasteiger partial charge in [-0.3, -0.25) is 0 Å². The van der Waals surface area contributed by atoms with E-state index >= 15 is 0 Å².